The largest absolute Gasteiger partial charge is 0.459 e. The molecule has 0 aromatic heterocycles. The van der Waals surface area contributed by atoms with Gasteiger partial charge >= 0.3 is 11.9 Å². The second-order valence-corrected chi connectivity index (χ2v) is 7.48. The van der Waals surface area contributed by atoms with E-state index in [1.807, 2.05) is 0 Å². The van der Waals surface area contributed by atoms with Gasteiger partial charge in [0, 0.05) is 6.42 Å². The molecule has 20 heavy (non-hydrogen) atoms. The van der Waals surface area contributed by atoms with Crippen LogP contribution in [0.1, 0.15) is 60.8 Å². The smallest absolute Gasteiger partial charge is 0.324 e. The number of aliphatic hydroxyl groups excluding tert-OH is 1. The van der Waals surface area contributed by atoms with Gasteiger partial charge in [-0.15, -0.1) is 0 Å². The average molecular weight is 286 g/mol. The van der Waals surface area contributed by atoms with E-state index in [2.05, 4.69) is 0 Å². The topological polar surface area (TPSA) is 72.8 Å². The molecule has 1 saturated carbocycles. The molecule has 0 unspecified atom stereocenters. The lowest BCUT2D eigenvalue weighted by atomic mass is 9.85. The zero-order chi connectivity index (χ0) is 15.8. The number of aliphatic hydroxyl groups is 1. The summed E-state index contributed by atoms with van der Waals surface area (Å²) in [5.74, 6) is -1.20. The van der Waals surface area contributed by atoms with Gasteiger partial charge in [-0.25, -0.2) is 0 Å². The molecule has 1 N–H and O–H groups in total. The Labute approximate surface area is 120 Å². The molecule has 0 spiro atoms. The van der Waals surface area contributed by atoms with Crippen molar-refractivity contribution < 1.29 is 24.2 Å². The Morgan fingerprint density at radius 3 is 1.65 bits per heavy atom. The highest BCUT2D eigenvalue weighted by molar-refractivity contribution is 6.00. The molecule has 5 nitrogen and oxygen atoms in total. The van der Waals surface area contributed by atoms with Crippen molar-refractivity contribution in [2.45, 2.75) is 78.1 Å². The minimum atomic E-state index is -1.38. The lowest BCUT2D eigenvalue weighted by molar-refractivity contribution is -0.185. The summed E-state index contributed by atoms with van der Waals surface area (Å²) in [6.07, 6.45) is 0.0582. The van der Waals surface area contributed by atoms with Crippen molar-refractivity contribution in [3.8, 4) is 0 Å². The van der Waals surface area contributed by atoms with Crippen LogP contribution in [-0.4, -0.2) is 34.4 Å². The molecule has 1 atom stereocenters. The van der Waals surface area contributed by atoms with Crippen LogP contribution in [-0.2, 0) is 19.1 Å². The predicted octanol–water partition coefficient (Wildman–Crippen LogP) is 2.20. The van der Waals surface area contributed by atoms with Crippen molar-refractivity contribution in [2.24, 2.45) is 5.41 Å². The van der Waals surface area contributed by atoms with Gasteiger partial charge in [-0.1, -0.05) is 0 Å². The number of hydrogen-bond acceptors (Lipinski definition) is 5. The van der Waals surface area contributed by atoms with Crippen LogP contribution in [0.15, 0.2) is 0 Å². The minimum Gasteiger partial charge on any atom is -0.459 e. The normalized spacial score (nSPS) is 22.4. The highest BCUT2D eigenvalue weighted by Crippen LogP contribution is 2.42. The average Bonchev–Trinajstić information content (AvgIpc) is 2.56. The molecular formula is C15H26O5. The highest BCUT2D eigenvalue weighted by atomic mass is 16.6. The summed E-state index contributed by atoms with van der Waals surface area (Å²) in [5, 5.41) is 9.74. The van der Waals surface area contributed by atoms with Crippen molar-refractivity contribution in [3.05, 3.63) is 0 Å². The zero-order valence-corrected chi connectivity index (χ0v) is 13.3. The number of carbonyl (C=O) groups is 2. The Balaban J connectivity index is 2.99. The van der Waals surface area contributed by atoms with Gasteiger partial charge in [-0.2, -0.15) is 0 Å². The summed E-state index contributed by atoms with van der Waals surface area (Å²) in [5.41, 5.74) is -2.74. The number of rotatable bonds is 2. The van der Waals surface area contributed by atoms with E-state index in [4.69, 9.17) is 9.47 Å². The third-order valence-electron chi connectivity index (χ3n) is 3.07. The third-order valence-corrected chi connectivity index (χ3v) is 3.07. The first-order valence-corrected chi connectivity index (χ1v) is 7.01. The number of esters is 2. The van der Waals surface area contributed by atoms with E-state index in [1.165, 1.54) is 0 Å². The lowest BCUT2D eigenvalue weighted by Crippen LogP contribution is -2.45. The maximum Gasteiger partial charge on any atom is 0.324 e. The van der Waals surface area contributed by atoms with Crippen LogP contribution in [0.4, 0.5) is 0 Å². The van der Waals surface area contributed by atoms with E-state index >= 15 is 0 Å². The van der Waals surface area contributed by atoms with Gasteiger partial charge in [-0.3, -0.25) is 9.59 Å². The molecule has 1 aliphatic rings. The molecule has 0 saturated heterocycles. The third kappa shape index (κ3) is 4.20. The van der Waals surface area contributed by atoms with Gasteiger partial charge in [0.25, 0.3) is 0 Å². The lowest BCUT2D eigenvalue weighted by Gasteiger charge is -2.32. The van der Waals surface area contributed by atoms with Gasteiger partial charge in [0.2, 0.25) is 0 Å². The molecule has 0 aromatic rings. The van der Waals surface area contributed by atoms with E-state index in [1.54, 1.807) is 41.5 Å². The predicted molar refractivity (Wildman–Crippen MR) is 74.0 cm³/mol. The fraction of sp³-hybridized carbons (Fsp3) is 0.867. The molecular weight excluding hydrogens is 260 g/mol. The Bertz CT molecular complexity index is 358. The molecule has 0 amide bonds. The zero-order valence-electron chi connectivity index (χ0n) is 13.3. The van der Waals surface area contributed by atoms with Gasteiger partial charge in [0.1, 0.15) is 11.2 Å². The summed E-state index contributed by atoms with van der Waals surface area (Å²) in [6.45, 7) is 10.5. The highest BCUT2D eigenvalue weighted by Gasteiger charge is 2.55. The van der Waals surface area contributed by atoms with E-state index in [0.29, 0.717) is 6.42 Å². The molecule has 5 heteroatoms. The van der Waals surface area contributed by atoms with E-state index < -0.39 is 34.7 Å². The van der Waals surface area contributed by atoms with Gasteiger partial charge in [0.15, 0.2) is 5.41 Å². The number of ether oxygens (including phenoxy) is 2. The van der Waals surface area contributed by atoms with Crippen LogP contribution in [0.2, 0.25) is 0 Å². The number of hydrogen-bond donors (Lipinski definition) is 1. The van der Waals surface area contributed by atoms with Crippen molar-refractivity contribution in [2.75, 3.05) is 0 Å². The second-order valence-electron chi connectivity index (χ2n) is 7.48. The molecule has 0 bridgehead atoms. The molecule has 1 rings (SSSR count). The number of carbonyl (C=O) groups excluding carboxylic acids is 2. The molecule has 0 aliphatic heterocycles. The van der Waals surface area contributed by atoms with Gasteiger partial charge in [-0.05, 0) is 54.4 Å². The summed E-state index contributed by atoms with van der Waals surface area (Å²) in [4.78, 5) is 24.8. The molecule has 116 valence electrons. The van der Waals surface area contributed by atoms with Gasteiger partial charge < -0.3 is 14.6 Å². The Hall–Kier alpha value is -1.10. The maximum absolute atomic E-state index is 12.4. The summed E-state index contributed by atoms with van der Waals surface area (Å²) in [6, 6.07) is 0. The Morgan fingerprint density at radius 2 is 1.40 bits per heavy atom. The quantitative estimate of drug-likeness (QED) is 0.622. The Morgan fingerprint density at radius 1 is 1.00 bits per heavy atom. The van der Waals surface area contributed by atoms with Crippen molar-refractivity contribution >= 4 is 11.9 Å². The van der Waals surface area contributed by atoms with E-state index in [0.717, 1.165) is 0 Å². The second kappa shape index (κ2) is 5.35. The van der Waals surface area contributed by atoms with Crippen LogP contribution >= 0.6 is 0 Å². The fourth-order valence-corrected chi connectivity index (χ4v) is 2.23. The molecule has 1 fully saturated rings. The molecule has 0 heterocycles. The van der Waals surface area contributed by atoms with Crippen molar-refractivity contribution in [1.29, 1.82) is 0 Å². The molecule has 0 aromatic carbocycles. The van der Waals surface area contributed by atoms with Crippen LogP contribution in [0, 0.1) is 5.41 Å². The minimum absolute atomic E-state index is 0.0663. The first-order valence-electron chi connectivity index (χ1n) is 7.01. The van der Waals surface area contributed by atoms with Crippen molar-refractivity contribution in [3.63, 3.8) is 0 Å². The van der Waals surface area contributed by atoms with Crippen molar-refractivity contribution in [1.82, 2.24) is 0 Å². The van der Waals surface area contributed by atoms with Crippen LogP contribution in [0.3, 0.4) is 0 Å². The summed E-state index contributed by atoms with van der Waals surface area (Å²) < 4.78 is 10.7. The van der Waals surface area contributed by atoms with Crippen LogP contribution < -0.4 is 0 Å². The summed E-state index contributed by atoms with van der Waals surface area (Å²) >= 11 is 0. The van der Waals surface area contributed by atoms with Gasteiger partial charge in [0.05, 0.1) is 6.10 Å². The summed E-state index contributed by atoms with van der Waals surface area (Å²) in [7, 11) is 0. The maximum atomic E-state index is 12.4. The van der Waals surface area contributed by atoms with E-state index in [-0.39, 0.29) is 12.8 Å². The van der Waals surface area contributed by atoms with E-state index in [9.17, 15) is 14.7 Å². The standard InChI is InChI=1S/C15H26O5/c1-13(2,3)19-11(17)15(8-7-10(16)9-15)12(18)20-14(4,5)6/h10,16H,7-9H2,1-6H3/t10-/m1/s1. The van der Waals surface area contributed by atoms with Crippen LogP contribution in [0.25, 0.3) is 0 Å². The first-order chi connectivity index (χ1) is 8.86. The SMILES string of the molecule is CC(C)(C)OC(=O)C1(C(=O)OC(C)(C)C)CC[C@@H](O)C1. The van der Waals surface area contributed by atoms with Crippen LogP contribution in [0.5, 0.6) is 0 Å². The first kappa shape index (κ1) is 17.0. The molecule has 0 radical (unpaired) electrons. The monoisotopic (exact) mass is 286 g/mol. The molecule has 1 aliphatic carbocycles. The Kier molecular flexibility index (Phi) is 4.54. The fourth-order valence-electron chi connectivity index (χ4n) is 2.23.